The average Bonchev–Trinajstić information content (AvgIpc) is 2.17. The number of hydrogen-bond acceptors (Lipinski definition) is 5. The van der Waals surface area contributed by atoms with E-state index in [1.807, 2.05) is 0 Å². The van der Waals surface area contributed by atoms with Crippen molar-refractivity contribution in [2.24, 2.45) is 0 Å². The lowest BCUT2D eigenvalue weighted by Crippen LogP contribution is -2.08. The predicted octanol–water partition coefficient (Wildman–Crippen LogP) is 1.30. The SMILES string of the molecule is O=Cc1c(S(=O)(=O)O)cc(S(=O)(=O)O)c(Cl)c1Cl. The molecule has 18 heavy (non-hydrogen) atoms. The van der Waals surface area contributed by atoms with E-state index in [0.29, 0.717) is 6.07 Å². The van der Waals surface area contributed by atoms with Gasteiger partial charge in [0.15, 0.2) is 6.29 Å². The predicted molar refractivity (Wildman–Crippen MR) is 61.5 cm³/mol. The monoisotopic (exact) mass is 334 g/mol. The van der Waals surface area contributed by atoms with Gasteiger partial charge in [-0.2, -0.15) is 16.8 Å². The average molecular weight is 335 g/mol. The fraction of sp³-hybridized carbons (Fsp3) is 0. The lowest BCUT2D eigenvalue weighted by molar-refractivity contribution is 0.112. The highest BCUT2D eigenvalue weighted by Gasteiger charge is 2.27. The normalized spacial score (nSPS) is 12.4. The summed E-state index contributed by atoms with van der Waals surface area (Å²) in [5, 5.41) is -1.44. The summed E-state index contributed by atoms with van der Waals surface area (Å²) in [6.45, 7) is 0. The molecule has 0 bridgehead atoms. The minimum absolute atomic E-state index is 0.0227. The van der Waals surface area contributed by atoms with Gasteiger partial charge in [0, 0.05) is 0 Å². The van der Waals surface area contributed by atoms with Crippen LogP contribution in [0.4, 0.5) is 0 Å². The molecule has 0 saturated carbocycles. The molecule has 0 saturated heterocycles. The van der Waals surface area contributed by atoms with Gasteiger partial charge in [0.25, 0.3) is 20.2 Å². The second-order valence-corrected chi connectivity index (χ2v) is 6.52. The molecule has 0 aliphatic heterocycles. The molecule has 2 N–H and O–H groups in total. The second kappa shape index (κ2) is 4.76. The van der Waals surface area contributed by atoms with Crippen molar-refractivity contribution in [3.63, 3.8) is 0 Å². The van der Waals surface area contributed by atoms with Crippen LogP contribution in [0.5, 0.6) is 0 Å². The Labute approximate surface area is 112 Å². The highest BCUT2D eigenvalue weighted by atomic mass is 35.5. The van der Waals surface area contributed by atoms with E-state index in [9.17, 15) is 21.6 Å². The van der Waals surface area contributed by atoms with Crippen molar-refractivity contribution in [3.05, 3.63) is 21.7 Å². The molecule has 1 aromatic rings. The molecule has 0 atom stereocenters. The van der Waals surface area contributed by atoms with Gasteiger partial charge in [0.2, 0.25) is 0 Å². The summed E-state index contributed by atoms with van der Waals surface area (Å²) in [4.78, 5) is 8.57. The summed E-state index contributed by atoms with van der Waals surface area (Å²) in [6.07, 6.45) is -0.0227. The van der Waals surface area contributed by atoms with Gasteiger partial charge in [-0.25, -0.2) is 0 Å². The largest absolute Gasteiger partial charge is 0.298 e. The molecule has 7 nitrogen and oxygen atoms in total. The van der Waals surface area contributed by atoms with Crippen LogP contribution in [-0.2, 0) is 20.2 Å². The molecule has 0 amide bonds. The number of aldehydes is 1. The van der Waals surface area contributed by atoms with E-state index in [2.05, 4.69) is 0 Å². The highest BCUT2D eigenvalue weighted by molar-refractivity contribution is 7.86. The van der Waals surface area contributed by atoms with Crippen LogP contribution < -0.4 is 0 Å². The second-order valence-electron chi connectivity index (χ2n) is 2.98. The van der Waals surface area contributed by atoms with Gasteiger partial charge in [0.05, 0.1) is 15.6 Å². The van der Waals surface area contributed by atoms with Crippen molar-refractivity contribution in [3.8, 4) is 0 Å². The number of benzene rings is 1. The van der Waals surface area contributed by atoms with Crippen molar-refractivity contribution in [2.45, 2.75) is 9.79 Å². The van der Waals surface area contributed by atoms with Crippen LogP contribution in [0.2, 0.25) is 10.0 Å². The molecule has 1 aromatic carbocycles. The first kappa shape index (κ1) is 15.3. The summed E-state index contributed by atoms with van der Waals surface area (Å²) in [6, 6.07) is 0.336. The molecule has 0 aliphatic carbocycles. The van der Waals surface area contributed by atoms with E-state index in [4.69, 9.17) is 32.3 Å². The Morgan fingerprint density at radius 3 is 1.72 bits per heavy atom. The van der Waals surface area contributed by atoms with Gasteiger partial charge in [-0.3, -0.25) is 13.9 Å². The molecular weight excluding hydrogens is 331 g/mol. The maximum absolute atomic E-state index is 11.0. The van der Waals surface area contributed by atoms with Crippen LogP contribution in [0, 0.1) is 0 Å². The van der Waals surface area contributed by atoms with Crippen molar-refractivity contribution < 1.29 is 30.7 Å². The van der Waals surface area contributed by atoms with Crippen molar-refractivity contribution >= 4 is 49.7 Å². The Kier molecular flexibility index (Phi) is 4.06. The Morgan fingerprint density at radius 2 is 1.39 bits per heavy atom. The van der Waals surface area contributed by atoms with E-state index in [0.717, 1.165) is 0 Å². The van der Waals surface area contributed by atoms with Crippen LogP contribution in [0.25, 0.3) is 0 Å². The van der Waals surface area contributed by atoms with Gasteiger partial charge in [-0.15, -0.1) is 0 Å². The quantitative estimate of drug-likeness (QED) is 0.630. The number of rotatable bonds is 3. The molecule has 0 aliphatic rings. The number of carbonyl (C=O) groups is 1. The first-order valence-corrected chi connectivity index (χ1v) is 7.56. The van der Waals surface area contributed by atoms with Crippen LogP contribution >= 0.6 is 23.2 Å². The lowest BCUT2D eigenvalue weighted by Gasteiger charge is -2.09. The van der Waals surface area contributed by atoms with Crippen LogP contribution in [-0.4, -0.2) is 32.2 Å². The fourth-order valence-corrected chi connectivity index (χ4v) is 3.28. The minimum Gasteiger partial charge on any atom is -0.298 e. The lowest BCUT2D eigenvalue weighted by atomic mass is 10.2. The van der Waals surface area contributed by atoms with Gasteiger partial charge >= 0.3 is 0 Å². The third-order valence-electron chi connectivity index (χ3n) is 1.85. The maximum atomic E-state index is 11.0. The minimum atomic E-state index is -4.92. The fourth-order valence-electron chi connectivity index (χ4n) is 1.11. The van der Waals surface area contributed by atoms with E-state index in [1.165, 1.54) is 0 Å². The molecule has 0 aromatic heterocycles. The van der Waals surface area contributed by atoms with Crippen molar-refractivity contribution in [1.82, 2.24) is 0 Å². The van der Waals surface area contributed by atoms with Crippen LogP contribution in [0.3, 0.4) is 0 Å². The van der Waals surface area contributed by atoms with E-state index in [1.54, 1.807) is 0 Å². The van der Waals surface area contributed by atoms with Gasteiger partial charge in [-0.05, 0) is 6.07 Å². The van der Waals surface area contributed by atoms with Gasteiger partial charge in [-0.1, -0.05) is 23.2 Å². The third kappa shape index (κ3) is 2.82. The molecule has 0 fully saturated rings. The number of halogens is 2. The molecule has 0 unspecified atom stereocenters. The van der Waals surface area contributed by atoms with Crippen LogP contribution in [0.1, 0.15) is 10.4 Å². The number of hydrogen-bond donors (Lipinski definition) is 2. The Hall–Kier alpha value is -0.710. The van der Waals surface area contributed by atoms with Crippen molar-refractivity contribution in [1.29, 1.82) is 0 Å². The Bertz CT molecular complexity index is 721. The Morgan fingerprint density at radius 1 is 0.944 bits per heavy atom. The smallest absolute Gasteiger partial charge is 0.296 e. The molecule has 11 heteroatoms. The summed E-state index contributed by atoms with van der Waals surface area (Å²) in [5.74, 6) is 0. The van der Waals surface area contributed by atoms with Crippen LogP contribution in [0.15, 0.2) is 15.9 Å². The summed E-state index contributed by atoms with van der Waals surface area (Å²) < 4.78 is 61.5. The van der Waals surface area contributed by atoms with Crippen molar-refractivity contribution in [2.75, 3.05) is 0 Å². The summed E-state index contributed by atoms with van der Waals surface area (Å²) in [5.41, 5.74) is -0.712. The zero-order valence-corrected chi connectivity index (χ0v) is 11.3. The molecule has 100 valence electrons. The Balaban J connectivity index is 3.97. The first-order valence-electron chi connectivity index (χ1n) is 3.92. The molecular formula is C7H4Cl2O7S2. The van der Waals surface area contributed by atoms with E-state index in [-0.39, 0.29) is 6.29 Å². The van der Waals surface area contributed by atoms with E-state index >= 15 is 0 Å². The molecule has 0 heterocycles. The summed E-state index contributed by atoms with van der Waals surface area (Å²) >= 11 is 11.0. The molecule has 1 rings (SSSR count). The zero-order chi connectivity index (χ0) is 14.3. The topological polar surface area (TPSA) is 126 Å². The highest BCUT2D eigenvalue weighted by Crippen LogP contribution is 2.35. The maximum Gasteiger partial charge on any atom is 0.296 e. The summed E-state index contributed by atoms with van der Waals surface area (Å²) in [7, 11) is -9.79. The molecule has 0 spiro atoms. The zero-order valence-electron chi connectivity index (χ0n) is 8.16. The standard InChI is InChI=1S/C7H4Cl2O7S2/c8-6-3(2-10)4(17(11,12)13)1-5(7(6)9)18(14,15)16/h1-2H,(H,11,12,13)(H,14,15,16). The van der Waals surface area contributed by atoms with Gasteiger partial charge in [0.1, 0.15) is 9.79 Å². The number of carbonyl (C=O) groups excluding carboxylic acids is 1. The van der Waals surface area contributed by atoms with Gasteiger partial charge < -0.3 is 0 Å². The third-order valence-corrected chi connectivity index (χ3v) is 4.61. The van der Waals surface area contributed by atoms with E-state index < -0.39 is 45.6 Å². The first-order chi connectivity index (χ1) is 8.00. The molecule has 0 radical (unpaired) electrons.